The Morgan fingerprint density at radius 3 is 2.25 bits per heavy atom. The van der Waals surface area contributed by atoms with E-state index < -0.39 is 0 Å². The topological polar surface area (TPSA) is 125 Å². The number of hydrogen-bond donors (Lipinski definition) is 2. The van der Waals surface area contributed by atoms with Crippen LogP contribution in [0.1, 0.15) is 57.4 Å². The number of aromatic hydroxyl groups is 1. The summed E-state index contributed by atoms with van der Waals surface area (Å²) in [6, 6.07) is 20.8. The molecule has 2 aromatic carbocycles. The van der Waals surface area contributed by atoms with E-state index in [9.17, 15) is 14.7 Å². The molecule has 1 atom stereocenters. The molecule has 4 aliphatic rings. The molecule has 3 fully saturated rings. The summed E-state index contributed by atoms with van der Waals surface area (Å²) in [6.45, 7) is 3.84. The summed E-state index contributed by atoms with van der Waals surface area (Å²) in [5.74, 6) is -0.153. The summed E-state index contributed by atoms with van der Waals surface area (Å²) in [5.41, 5.74) is 6.32. The Bertz CT molecular complexity index is 2070. The summed E-state index contributed by atoms with van der Waals surface area (Å²) in [4.78, 5) is 32.0. The molecular weight excluding hydrogens is 642 g/mol. The van der Waals surface area contributed by atoms with Gasteiger partial charge in [0, 0.05) is 62.6 Å². The fourth-order valence-electron chi connectivity index (χ4n) is 8.97. The molecule has 2 amide bonds. The third kappa shape index (κ3) is 5.90. The van der Waals surface area contributed by atoms with E-state index in [1.54, 1.807) is 12.1 Å². The average Bonchev–Trinajstić information content (AvgIpc) is 3.83. The van der Waals surface area contributed by atoms with Gasteiger partial charge in [-0.05, 0) is 81.3 Å². The van der Waals surface area contributed by atoms with Crippen molar-refractivity contribution in [2.24, 2.45) is 0 Å². The lowest BCUT2D eigenvalue weighted by Gasteiger charge is -2.48. The summed E-state index contributed by atoms with van der Waals surface area (Å²) in [7, 11) is 0. The van der Waals surface area contributed by atoms with Crippen molar-refractivity contribution in [2.75, 3.05) is 36.0 Å². The minimum absolute atomic E-state index is 0.168. The Hall–Kier alpha value is -5.23. The number of phenols is 1. The molecule has 0 bridgehead atoms. The van der Waals surface area contributed by atoms with Crippen molar-refractivity contribution >= 4 is 34.2 Å². The normalized spacial score (nSPS) is 23.4. The summed E-state index contributed by atoms with van der Waals surface area (Å²) in [6.07, 6.45) is 13.9. The monoisotopic (exact) mass is 685 g/mol. The van der Waals surface area contributed by atoms with Gasteiger partial charge in [0.2, 0.25) is 11.8 Å². The predicted molar refractivity (Wildman–Crippen MR) is 195 cm³/mol. The van der Waals surface area contributed by atoms with E-state index in [0.717, 1.165) is 61.4 Å². The summed E-state index contributed by atoms with van der Waals surface area (Å²) in [5, 5.41) is 26.5. The van der Waals surface area contributed by atoms with Gasteiger partial charge in [0.1, 0.15) is 17.3 Å². The lowest BCUT2D eigenvalue weighted by molar-refractivity contribution is -0.134. The smallest absolute Gasteiger partial charge is 0.249 e. The first-order chi connectivity index (χ1) is 25.0. The number of carbonyl (C=O) groups excluding carboxylic acids is 2. The van der Waals surface area contributed by atoms with Crippen molar-refractivity contribution in [2.45, 2.75) is 75.5 Å². The number of nitrogens with zero attached hydrogens (tertiary/aromatic N) is 8. The van der Waals surface area contributed by atoms with Crippen molar-refractivity contribution in [1.29, 1.82) is 0 Å². The van der Waals surface area contributed by atoms with Gasteiger partial charge in [-0.25, -0.2) is 0 Å². The number of carbonyl (C=O) groups is 2. The second kappa shape index (κ2) is 13.1. The number of hydrogen-bond acceptors (Lipinski definition) is 9. The van der Waals surface area contributed by atoms with Gasteiger partial charge in [0.15, 0.2) is 0 Å². The number of phenolic OH excluding ortho intramolecular Hbond substituents is 1. The third-order valence-electron chi connectivity index (χ3n) is 11.7. The van der Waals surface area contributed by atoms with E-state index in [0.29, 0.717) is 42.2 Å². The molecule has 2 saturated heterocycles. The molecule has 12 heteroatoms. The lowest BCUT2D eigenvalue weighted by Crippen LogP contribution is -2.57. The Balaban J connectivity index is 0.817. The molecule has 2 N–H and O–H groups in total. The number of rotatable bonds is 6. The maximum Gasteiger partial charge on any atom is 0.249 e. The SMILES string of the molecule is O=C1CCC(N2CCN(C3CCC(N4CCC(n5cc(-n6ccc7nnc(-c8ccccc8O)cc76)cn5)CC4)CC3)c3ccccc32)C(=O)N1. The maximum absolute atomic E-state index is 12.7. The number of para-hydroxylation sites is 3. The van der Waals surface area contributed by atoms with Crippen molar-refractivity contribution < 1.29 is 14.7 Å². The zero-order valence-corrected chi connectivity index (χ0v) is 28.6. The third-order valence-corrected chi connectivity index (χ3v) is 11.7. The molecule has 51 heavy (non-hydrogen) atoms. The van der Waals surface area contributed by atoms with Crippen molar-refractivity contribution in [3.8, 4) is 22.7 Å². The van der Waals surface area contributed by atoms with Crippen LogP contribution in [0.3, 0.4) is 0 Å². The van der Waals surface area contributed by atoms with Crippen LogP contribution < -0.4 is 15.1 Å². The molecule has 9 rings (SSSR count). The van der Waals surface area contributed by atoms with Crippen molar-refractivity contribution in [3.05, 3.63) is 79.3 Å². The number of fused-ring (bicyclic) bond motifs is 2. The average molecular weight is 686 g/mol. The lowest BCUT2D eigenvalue weighted by atomic mass is 9.87. The Labute approximate surface area is 296 Å². The molecule has 0 spiro atoms. The number of benzene rings is 2. The minimum Gasteiger partial charge on any atom is -0.507 e. The standard InChI is InChI=1S/C39H43N9O3/c49-37-8-4-1-5-30(37)32-23-36-31(42-43-32)17-20-45(36)29-24-40-48(25-29)28-15-18-44(19-16-28)26-9-11-27(12-10-26)46-21-22-47(34-7-3-2-6-33(34)46)35-13-14-38(50)41-39(35)51/h1-8,17,20,23-28,35,49H,9-16,18-19,21-22H2,(H,41,50,51). The molecule has 1 unspecified atom stereocenters. The van der Waals surface area contributed by atoms with Gasteiger partial charge in [0.05, 0.1) is 40.5 Å². The van der Waals surface area contributed by atoms with Crippen LogP contribution in [-0.4, -0.2) is 90.7 Å². The van der Waals surface area contributed by atoms with E-state index >= 15 is 0 Å². The van der Waals surface area contributed by atoms with Crippen LogP contribution in [0.5, 0.6) is 5.75 Å². The van der Waals surface area contributed by atoms with E-state index in [1.165, 1.54) is 31.4 Å². The highest BCUT2D eigenvalue weighted by Crippen LogP contribution is 2.40. The van der Waals surface area contributed by atoms with Crippen LogP contribution in [0.4, 0.5) is 11.4 Å². The highest BCUT2D eigenvalue weighted by atomic mass is 16.3. The van der Waals surface area contributed by atoms with E-state index in [1.807, 2.05) is 36.7 Å². The van der Waals surface area contributed by atoms with Gasteiger partial charge in [0.25, 0.3) is 0 Å². The van der Waals surface area contributed by atoms with Crippen LogP contribution in [0.15, 0.2) is 79.3 Å². The molecule has 0 radical (unpaired) electrons. The second-order valence-electron chi connectivity index (χ2n) is 14.5. The molecule has 3 aliphatic heterocycles. The van der Waals surface area contributed by atoms with Gasteiger partial charge >= 0.3 is 0 Å². The molecule has 1 saturated carbocycles. The summed E-state index contributed by atoms with van der Waals surface area (Å²) < 4.78 is 4.23. The number of imide groups is 1. The van der Waals surface area contributed by atoms with E-state index in [2.05, 4.69) is 69.9 Å². The van der Waals surface area contributed by atoms with E-state index in [4.69, 9.17) is 5.10 Å². The quantitative estimate of drug-likeness (QED) is 0.236. The highest BCUT2D eigenvalue weighted by Gasteiger charge is 2.38. The maximum atomic E-state index is 12.7. The number of nitrogens with one attached hydrogen (secondary N) is 1. The Morgan fingerprint density at radius 1 is 0.745 bits per heavy atom. The van der Waals surface area contributed by atoms with Gasteiger partial charge < -0.3 is 24.4 Å². The van der Waals surface area contributed by atoms with Gasteiger partial charge in [-0.3, -0.25) is 19.6 Å². The number of likely N-dealkylation sites (tertiary alicyclic amines) is 1. The van der Waals surface area contributed by atoms with E-state index in [-0.39, 0.29) is 23.6 Å². The van der Waals surface area contributed by atoms with Crippen LogP contribution >= 0.6 is 0 Å². The number of aromatic nitrogens is 5. The first kappa shape index (κ1) is 31.7. The van der Waals surface area contributed by atoms with Crippen molar-refractivity contribution in [1.82, 2.24) is 34.8 Å². The van der Waals surface area contributed by atoms with Crippen LogP contribution in [0.2, 0.25) is 0 Å². The van der Waals surface area contributed by atoms with Gasteiger partial charge in [-0.15, -0.1) is 10.2 Å². The fraction of sp³-hybridized carbons (Fsp3) is 0.410. The first-order valence-corrected chi connectivity index (χ1v) is 18.4. The molecule has 262 valence electrons. The van der Waals surface area contributed by atoms with Crippen molar-refractivity contribution in [3.63, 3.8) is 0 Å². The number of amides is 2. The largest absolute Gasteiger partial charge is 0.507 e. The Kier molecular flexibility index (Phi) is 8.18. The van der Waals surface area contributed by atoms with Crippen LogP contribution in [0, 0.1) is 0 Å². The molecule has 12 nitrogen and oxygen atoms in total. The van der Waals surface area contributed by atoms with Gasteiger partial charge in [-0.1, -0.05) is 24.3 Å². The Morgan fingerprint density at radius 2 is 1.47 bits per heavy atom. The van der Waals surface area contributed by atoms with Crippen LogP contribution in [-0.2, 0) is 9.59 Å². The first-order valence-electron chi connectivity index (χ1n) is 18.4. The molecule has 3 aromatic heterocycles. The summed E-state index contributed by atoms with van der Waals surface area (Å²) >= 11 is 0. The molecule has 6 heterocycles. The predicted octanol–water partition coefficient (Wildman–Crippen LogP) is 5.07. The minimum atomic E-state index is -0.286. The molecular formula is C39H43N9O3. The number of piperidine rings is 2. The van der Waals surface area contributed by atoms with Crippen LogP contribution in [0.25, 0.3) is 28.0 Å². The zero-order valence-electron chi connectivity index (χ0n) is 28.6. The van der Waals surface area contributed by atoms with Gasteiger partial charge in [-0.2, -0.15) is 5.10 Å². The molecule has 1 aliphatic carbocycles. The highest BCUT2D eigenvalue weighted by molar-refractivity contribution is 6.02. The number of anilines is 2. The zero-order chi connectivity index (χ0) is 34.5. The second-order valence-corrected chi connectivity index (χ2v) is 14.5. The molecule has 5 aromatic rings. The fourth-order valence-corrected chi connectivity index (χ4v) is 8.97.